The molecule has 0 aliphatic carbocycles. The van der Waals surface area contributed by atoms with E-state index >= 15 is 0 Å². The van der Waals surface area contributed by atoms with Crippen LogP contribution in [0.15, 0.2) is 22.4 Å². The SMILES string of the molecule is CC(C)C(C)Sc1ncc(C(N)=NO)cc1[N+](=O)[O-]. The number of nitro groups is 1. The maximum atomic E-state index is 11.0. The van der Waals surface area contributed by atoms with E-state index in [1.165, 1.54) is 24.0 Å². The molecule has 0 bridgehead atoms. The molecule has 7 nitrogen and oxygen atoms in total. The van der Waals surface area contributed by atoms with Gasteiger partial charge in [0, 0.05) is 23.1 Å². The van der Waals surface area contributed by atoms with Crippen molar-refractivity contribution in [1.82, 2.24) is 4.98 Å². The fourth-order valence-corrected chi connectivity index (χ4v) is 2.16. The van der Waals surface area contributed by atoms with Crippen molar-refractivity contribution < 1.29 is 10.1 Å². The van der Waals surface area contributed by atoms with Crippen LogP contribution in [-0.4, -0.2) is 26.2 Å². The summed E-state index contributed by atoms with van der Waals surface area (Å²) in [7, 11) is 0. The van der Waals surface area contributed by atoms with Crippen LogP contribution >= 0.6 is 11.8 Å². The first-order valence-electron chi connectivity index (χ1n) is 5.65. The van der Waals surface area contributed by atoms with Gasteiger partial charge in [-0.1, -0.05) is 37.7 Å². The fraction of sp³-hybridized carbons (Fsp3) is 0.455. The summed E-state index contributed by atoms with van der Waals surface area (Å²) in [6.45, 7) is 6.06. The second-order valence-electron chi connectivity index (χ2n) is 4.36. The molecule has 0 spiro atoms. The van der Waals surface area contributed by atoms with E-state index < -0.39 is 4.92 Å². The highest BCUT2D eigenvalue weighted by molar-refractivity contribution is 8.00. The van der Waals surface area contributed by atoms with E-state index in [1.807, 2.05) is 20.8 Å². The lowest BCUT2D eigenvalue weighted by Crippen LogP contribution is -2.14. The highest BCUT2D eigenvalue weighted by Crippen LogP contribution is 2.33. The molecule has 0 saturated carbocycles. The van der Waals surface area contributed by atoms with Gasteiger partial charge in [-0.2, -0.15) is 0 Å². The normalized spacial score (nSPS) is 13.6. The van der Waals surface area contributed by atoms with Crippen molar-refractivity contribution in [3.63, 3.8) is 0 Å². The summed E-state index contributed by atoms with van der Waals surface area (Å²) in [6.07, 6.45) is 1.36. The molecule has 1 unspecified atom stereocenters. The minimum absolute atomic E-state index is 0.137. The lowest BCUT2D eigenvalue weighted by atomic mass is 10.2. The van der Waals surface area contributed by atoms with Crippen LogP contribution in [-0.2, 0) is 0 Å². The third-order valence-corrected chi connectivity index (χ3v) is 4.12. The topological polar surface area (TPSA) is 115 Å². The van der Waals surface area contributed by atoms with Gasteiger partial charge in [0.15, 0.2) is 10.9 Å². The van der Waals surface area contributed by atoms with Crippen molar-refractivity contribution in [3.05, 3.63) is 27.9 Å². The molecular weight excluding hydrogens is 268 g/mol. The molecule has 1 heterocycles. The lowest BCUT2D eigenvalue weighted by molar-refractivity contribution is -0.388. The van der Waals surface area contributed by atoms with E-state index in [4.69, 9.17) is 10.9 Å². The van der Waals surface area contributed by atoms with Gasteiger partial charge >= 0.3 is 5.69 Å². The van der Waals surface area contributed by atoms with E-state index in [9.17, 15) is 10.1 Å². The molecular formula is C11H16N4O3S. The molecule has 0 aliphatic rings. The summed E-state index contributed by atoms with van der Waals surface area (Å²) in [4.78, 5) is 14.6. The second-order valence-corrected chi connectivity index (χ2v) is 5.72. The van der Waals surface area contributed by atoms with Crippen molar-refractivity contribution >= 4 is 23.3 Å². The number of aromatic nitrogens is 1. The molecule has 1 atom stereocenters. The molecule has 1 aromatic rings. The minimum Gasteiger partial charge on any atom is -0.409 e. The van der Waals surface area contributed by atoms with Gasteiger partial charge in [-0.3, -0.25) is 10.1 Å². The number of rotatable bonds is 5. The number of oxime groups is 1. The Kier molecular flexibility index (Phi) is 5.11. The number of nitrogens with zero attached hydrogens (tertiary/aromatic N) is 3. The molecule has 0 saturated heterocycles. The Hall–Kier alpha value is -1.83. The summed E-state index contributed by atoms with van der Waals surface area (Å²) >= 11 is 1.34. The molecule has 0 fully saturated rings. The van der Waals surface area contributed by atoms with E-state index in [0.717, 1.165) is 0 Å². The monoisotopic (exact) mass is 284 g/mol. The molecule has 0 amide bonds. The van der Waals surface area contributed by atoms with Gasteiger partial charge in [0.2, 0.25) is 0 Å². The van der Waals surface area contributed by atoms with Crippen LogP contribution in [0.5, 0.6) is 0 Å². The first-order chi connectivity index (χ1) is 8.86. The smallest absolute Gasteiger partial charge is 0.302 e. The molecule has 3 N–H and O–H groups in total. The number of nitrogens with two attached hydrogens (primary N) is 1. The van der Waals surface area contributed by atoms with E-state index in [-0.39, 0.29) is 22.3 Å². The Labute approximate surface area is 115 Å². The molecule has 0 aliphatic heterocycles. The Bertz CT molecular complexity index is 505. The second kappa shape index (κ2) is 6.37. The summed E-state index contributed by atoms with van der Waals surface area (Å²) < 4.78 is 0. The van der Waals surface area contributed by atoms with Crippen molar-refractivity contribution in [2.24, 2.45) is 16.8 Å². The Morgan fingerprint density at radius 3 is 2.68 bits per heavy atom. The zero-order valence-electron chi connectivity index (χ0n) is 10.9. The van der Waals surface area contributed by atoms with Gasteiger partial charge in [-0.05, 0) is 5.92 Å². The van der Waals surface area contributed by atoms with Gasteiger partial charge in [0.05, 0.1) is 4.92 Å². The summed E-state index contributed by atoms with van der Waals surface area (Å²) in [5, 5.41) is 22.9. The third kappa shape index (κ3) is 3.82. The number of thioether (sulfide) groups is 1. The zero-order chi connectivity index (χ0) is 14.6. The summed E-state index contributed by atoms with van der Waals surface area (Å²) in [5.74, 6) is 0.166. The van der Waals surface area contributed by atoms with E-state index in [2.05, 4.69) is 10.1 Å². The highest BCUT2D eigenvalue weighted by atomic mass is 32.2. The molecule has 0 radical (unpaired) electrons. The predicted octanol–water partition coefficient (Wildman–Crippen LogP) is 2.22. The van der Waals surface area contributed by atoms with Crippen molar-refractivity contribution in [2.45, 2.75) is 31.0 Å². The van der Waals surface area contributed by atoms with Gasteiger partial charge in [0.25, 0.3) is 0 Å². The van der Waals surface area contributed by atoms with Gasteiger partial charge in [0.1, 0.15) is 0 Å². The number of hydrogen-bond acceptors (Lipinski definition) is 6. The lowest BCUT2D eigenvalue weighted by Gasteiger charge is -2.14. The van der Waals surface area contributed by atoms with E-state index in [0.29, 0.717) is 10.9 Å². The minimum atomic E-state index is -0.517. The third-order valence-electron chi connectivity index (χ3n) is 2.67. The molecule has 0 aromatic carbocycles. The predicted molar refractivity (Wildman–Crippen MR) is 73.6 cm³/mol. The largest absolute Gasteiger partial charge is 0.409 e. The highest BCUT2D eigenvalue weighted by Gasteiger charge is 2.21. The van der Waals surface area contributed by atoms with Crippen LogP contribution in [0.4, 0.5) is 5.69 Å². The maximum Gasteiger partial charge on any atom is 0.302 e. The average molecular weight is 284 g/mol. The van der Waals surface area contributed by atoms with Crippen LogP contribution in [0.2, 0.25) is 0 Å². The van der Waals surface area contributed by atoms with Crippen molar-refractivity contribution in [2.75, 3.05) is 0 Å². The Balaban J connectivity index is 3.16. The van der Waals surface area contributed by atoms with E-state index in [1.54, 1.807) is 0 Å². The molecule has 1 rings (SSSR count). The number of pyridine rings is 1. The Morgan fingerprint density at radius 1 is 1.58 bits per heavy atom. The number of amidine groups is 1. The average Bonchev–Trinajstić information content (AvgIpc) is 2.37. The summed E-state index contributed by atoms with van der Waals surface area (Å²) in [6, 6.07) is 1.26. The quantitative estimate of drug-likeness (QED) is 0.214. The van der Waals surface area contributed by atoms with Crippen molar-refractivity contribution in [3.8, 4) is 0 Å². The number of hydrogen-bond donors (Lipinski definition) is 2. The zero-order valence-corrected chi connectivity index (χ0v) is 11.7. The first kappa shape index (κ1) is 15.2. The van der Waals surface area contributed by atoms with Crippen LogP contribution < -0.4 is 5.73 Å². The van der Waals surface area contributed by atoms with Gasteiger partial charge in [-0.25, -0.2) is 4.98 Å². The van der Waals surface area contributed by atoms with Crippen LogP contribution in [0.3, 0.4) is 0 Å². The molecule has 19 heavy (non-hydrogen) atoms. The molecule has 1 aromatic heterocycles. The fourth-order valence-electron chi connectivity index (χ4n) is 1.17. The first-order valence-corrected chi connectivity index (χ1v) is 6.53. The van der Waals surface area contributed by atoms with Crippen LogP contribution in [0, 0.1) is 16.0 Å². The van der Waals surface area contributed by atoms with Crippen molar-refractivity contribution in [1.29, 1.82) is 0 Å². The molecule has 104 valence electrons. The Morgan fingerprint density at radius 2 is 2.21 bits per heavy atom. The maximum absolute atomic E-state index is 11.0. The van der Waals surface area contributed by atoms with Crippen LogP contribution in [0.25, 0.3) is 0 Å². The standard InChI is InChI=1S/C11H16N4O3S/c1-6(2)7(3)19-11-9(15(17)18)4-8(5-13-11)10(12)14-16/h4-7,16H,1-3H3,(H2,12,14). The summed E-state index contributed by atoms with van der Waals surface area (Å²) in [5.41, 5.74) is 5.47. The molecule has 8 heteroatoms. The van der Waals surface area contributed by atoms with Gasteiger partial charge in [-0.15, -0.1) is 0 Å². The van der Waals surface area contributed by atoms with Gasteiger partial charge < -0.3 is 10.9 Å². The van der Waals surface area contributed by atoms with Crippen LogP contribution in [0.1, 0.15) is 26.3 Å².